The van der Waals surface area contributed by atoms with Crippen molar-refractivity contribution < 1.29 is 19.7 Å². The Morgan fingerprint density at radius 1 is 1.19 bits per heavy atom. The summed E-state index contributed by atoms with van der Waals surface area (Å²) in [5, 5.41) is 23.6. The summed E-state index contributed by atoms with van der Waals surface area (Å²) in [5.41, 5.74) is 2.21. The summed E-state index contributed by atoms with van der Waals surface area (Å²) in [7, 11) is 0. The van der Waals surface area contributed by atoms with Crippen LogP contribution in [0.25, 0.3) is 0 Å². The van der Waals surface area contributed by atoms with Gasteiger partial charge in [0.2, 0.25) is 0 Å². The first-order valence-electron chi connectivity index (χ1n) is 15.0. The number of allylic oxidation sites excluding steroid dienone is 1. The molecule has 1 aromatic heterocycles. The summed E-state index contributed by atoms with van der Waals surface area (Å²) in [6.07, 6.45) is 6.58. The van der Waals surface area contributed by atoms with Crippen molar-refractivity contribution in [3.63, 3.8) is 0 Å². The summed E-state index contributed by atoms with van der Waals surface area (Å²) in [6, 6.07) is 10.0. The number of aromatic amines is 1. The molecule has 0 spiro atoms. The van der Waals surface area contributed by atoms with Crippen molar-refractivity contribution in [1.29, 1.82) is 0 Å². The first-order valence-corrected chi connectivity index (χ1v) is 15.0. The van der Waals surface area contributed by atoms with E-state index < -0.39 is 5.60 Å². The zero-order valence-corrected chi connectivity index (χ0v) is 24.8. The number of aliphatic hydroxyl groups is 2. The van der Waals surface area contributed by atoms with Crippen LogP contribution in [0.2, 0.25) is 0 Å². The molecule has 0 radical (unpaired) electrons. The lowest BCUT2D eigenvalue weighted by Crippen LogP contribution is -2.56. The van der Waals surface area contributed by atoms with Crippen molar-refractivity contribution in [2.75, 3.05) is 67.7 Å². The van der Waals surface area contributed by atoms with E-state index in [1.165, 1.54) is 6.07 Å². The molecule has 5 rings (SSSR count). The van der Waals surface area contributed by atoms with Crippen LogP contribution in [0.1, 0.15) is 44.4 Å². The molecular formula is C32H45N5O5. The Bertz CT molecular complexity index is 1310. The lowest BCUT2D eigenvalue weighted by Gasteiger charge is -2.43. The monoisotopic (exact) mass is 579 g/mol. The van der Waals surface area contributed by atoms with Crippen LogP contribution in [-0.2, 0) is 21.7 Å². The standard InChI is InChI=1S/C32H45N5O5/c1-4-6-25-7-5-8-30(37(25)31-19-27(39)18-29(34-31)32(2,3)40)33-24-9-10-28(23(17-24)20-41-16-15-38)36-13-11-35(12-14-36)26-21-42-22-26/h4,8-10,17-19,25-26,33,38,40H,1,5-7,11-16,20-22H2,2-3H3,(H,34,39). The molecule has 228 valence electrons. The number of benzene rings is 1. The molecule has 4 N–H and O–H groups in total. The first-order chi connectivity index (χ1) is 20.3. The summed E-state index contributed by atoms with van der Waals surface area (Å²) in [4.78, 5) is 23.1. The zero-order valence-electron chi connectivity index (χ0n) is 24.8. The highest BCUT2D eigenvalue weighted by Gasteiger charge is 2.30. The van der Waals surface area contributed by atoms with E-state index in [1.54, 1.807) is 19.9 Å². The minimum Gasteiger partial charge on any atom is -0.394 e. The molecule has 2 aromatic rings. The van der Waals surface area contributed by atoms with Gasteiger partial charge in [0.15, 0.2) is 5.43 Å². The molecule has 3 aliphatic rings. The summed E-state index contributed by atoms with van der Waals surface area (Å²) in [6.45, 7) is 13.5. The van der Waals surface area contributed by atoms with Crippen molar-refractivity contribution in [3.8, 4) is 0 Å². The second-order valence-electron chi connectivity index (χ2n) is 11.8. The number of rotatable bonds is 12. The molecule has 0 bridgehead atoms. The molecule has 2 saturated heterocycles. The van der Waals surface area contributed by atoms with Crippen LogP contribution in [0.15, 0.2) is 59.7 Å². The topological polar surface area (TPSA) is 114 Å². The van der Waals surface area contributed by atoms with Gasteiger partial charge in [-0.05, 0) is 57.4 Å². The fraction of sp³-hybridized carbons (Fsp3) is 0.531. The molecule has 4 heterocycles. The maximum Gasteiger partial charge on any atom is 0.184 e. The highest BCUT2D eigenvalue weighted by molar-refractivity contribution is 5.65. The van der Waals surface area contributed by atoms with Crippen molar-refractivity contribution in [1.82, 2.24) is 9.88 Å². The van der Waals surface area contributed by atoms with Crippen LogP contribution >= 0.6 is 0 Å². The second-order valence-corrected chi connectivity index (χ2v) is 11.8. The quantitative estimate of drug-likeness (QED) is 0.223. The Morgan fingerprint density at radius 3 is 2.64 bits per heavy atom. The molecule has 0 amide bonds. The van der Waals surface area contributed by atoms with Gasteiger partial charge in [0.1, 0.15) is 11.6 Å². The highest BCUT2D eigenvalue weighted by atomic mass is 16.5. The Kier molecular flexibility index (Phi) is 9.70. The van der Waals surface area contributed by atoms with E-state index in [1.807, 2.05) is 6.08 Å². The van der Waals surface area contributed by atoms with Crippen LogP contribution in [0.5, 0.6) is 0 Å². The van der Waals surface area contributed by atoms with Gasteiger partial charge < -0.3 is 39.8 Å². The summed E-state index contributed by atoms with van der Waals surface area (Å²) >= 11 is 0. The van der Waals surface area contributed by atoms with Gasteiger partial charge >= 0.3 is 0 Å². The minimum absolute atomic E-state index is 0.0240. The van der Waals surface area contributed by atoms with Crippen LogP contribution in [0.4, 0.5) is 17.2 Å². The van der Waals surface area contributed by atoms with Gasteiger partial charge in [0.25, 0.3) is 0 Å². The van der Waals surface area contributed by atoms with Crippen LogP contribution in [0, 0.1) is 0 Å². The molecule has 2 fully saturated rings. The molecular weight excluding hydrogens is 534 g/mol. The van der Waals surface area contributed by atoms with Crippen LogP contribution < -0.4 is 20.5 Å². The number of piperazine rings is 1. The maximum absolute atomic E-state index is 12.7. The molecule has 1 aromatic carbocycles. The summed E-state index contributed by atoms with van der Waals surface area (Å²) < 4.78 is 11.2. The SMILES string of the molecule is C=CCC1CCC=C(Nc2ccc(N3CCN(C4COC4)CC3)c(COCCO)c2)N1c1cc(=O)cc(C(C)(C)O)[nH]1. The zero-order chi connectivity index (χ0) is 29.7. The lowest BCUT2D eigenvalue weighted by atomic mass is 10.0. The maximum atomic E-state index is 12.7. The average Bonchev–Trinajstić information content (AvgIpc) is 2.92. The first kappa shape index (κ1) is 30.3. The number of anilines is 3. The number of ether oxygens (including phenoxy) is 2. The molecule has 1 atom stereocenters. The van der Waals surface area contributed by atoms with E-state index in [-0.39, 0.29) is 24.7 Å². The number of aromatic nitrogens is 1. The number of H-pyrrole nitrogens is 1. The number of hydrogen-bond acceptors (Lipinski definition) is 9. The van der Waals surface area contributed by atoms with Crippen molar-refractivity contribution in [2.45, 2.75) is 57.4 Å². The van der Waals surface area contributed by atoms with Gasteiger partial charge in [-0.25, -0.2) is 0 Å². The van der Waals surface area contributed by atoms with Crippen LogP contribution in [-0.4, -0.2) is 84.8 Å². The third kappa shape index (κ3) is 7.07. The average molecular weight is 580 g/mol. The minimum atomic E-state index is -1.19. The molecule has 0 saturated carbocycles. The number of pyridine rings is 1. The Morgan fingerprint density at radius 2 is 1.98 bits per heavy atom. The highest BCUT2D eigenvalue weighted by Crippen LogP contribution is 2.33. The number of nitrogens with zero attached hydrogens (tertiary/aromatic N) is 3. The predicted molar refractivity (Wildman–Crippen MR) is 166 cm³/mol. The molecule has 42 heavy (non-hydrogen) atoms. The lowest BCUT2D eigenvalue weighted by molar-refractivity contribution is -0.0660. The van der Waals surface area contributed by atoms with Crippen LogP contribution in [0.3, 0.4) is 0 Å². The van der Waals surface area contributed by atoms with E-state index in [0.717, 1.165) is 81.4 Å². The van der Waals surface area contributed by atoms with Gasteiger partial charge in [-0.3, -0.25) is 9.69 Å². The Labute approximate surface area is 248 Å². The van der Waals surface area contributed by atoms with Gasteiger partial charge in [-0.15, -0.1) is 6.58 Å². The van der Waals surface area contributed by atoms with E-state index in [2.05, 4.69) is 55.9 Å². The van der Waals surface area contributed by atoms with E-state index in [0.29, 0.717) is 24.2 Å². The number of aliphatic hydroxyl groups excluding tert-OH is 1. The fourth-order valence-corrected chi connectivity index (χ4v) is 5.92. The Hall–Kier alpha value is -3.15. The molecule has 1 unspecified atom stereocenters. The van der Waals surface area contributed by atoms with Gasteiger partial charge in [-0.2, -0.15) is 0 Å². The van der Waals surface area contributed by atoms with Gasteiger partial charge in [0, 0.05) is 61.3 Å². The normalized spacial score (nSPS) is 20.3. The third-order valence-corrected chi connectivity index (χ3v) is 8.28. The van der Waals surface area contributed by atoms with Gasteiger partial charge in [-0.1, -0.05) is 6.08 Å². The van der Waals surface area contributed by atoms with E-state index in [9.17, 15) is 15.0 Å². The van der Waals surface area contributed by atoms with Crippen molar-refractivity contribution in [3.05, 3.63) is 76.4 Å². The molecule has 10 heteroatoms. The summed E-state index contributed by atoms with van der Waals surface area (Å²) in [5.74, 6) is 1.49. The van der Waals surface area contributed by atoms with Crippen molar-refractivity contribution in [2.24, 2.45) is 0 Å². The van der Waals surface area contributed by atoms with E-state index >= 15 is 0 Å². The van der Waals surface area contributed by atoms with Crippen molar-refractivity contribution >= 4 is 17.2 Å². The van der Waals surface area contributed by atoms with Gasteiger partial charge in [0.05, 0.1) is 50.4 Å². The Balaban J connectivity index is 1.41. The molecule has 10 nitrogen and oxygen atoms in total. The largest absolute Gasteiger partial charge is 0.394 e. The molecule has 3 aliphatic heterocycles. The number of nitrogens with one attached hydrogen (secondary N) is 2. The number of hydrogen-bond donors (Lipinski definition) is 4. The fourth-order valence-electron chi connectivity index (χ4n) is 5.92. The molecule has 0 aliphatic carbocycles. The third-order valence-electron chi connectivity index (χ3n) is 8.28. The second kappa shape index (κ2) is 13.4. The van der Waals surface area contributed by atoms with E-state index in [4.69, 9.17) is 9.47 Å². The predicted octanol–water partition coefficient (Wildman–Crippen LogP) is 3.13. The smallest absolute Gasteiger partial charge is 0.184 e.